The first-order valence-electron chi connectivity index (χ1n) is 10.2. The highest BCUT2D eigenvalue weighted by molar-refractivity contribution is 7.92. The Labute approximate surface area is 190 Å². The van der Waals surface area contributed by atoms with Crippen LogP contribution in [0.15, 0.2) is 61.1 Å². The summed E-state index contributed by atoms with van der Waals surface area (Å²) in [6.45, 7) is 1.93. The molecule has 0 aliphatic heterocycles. The van der Waals surface area contributed by atoms with Crippen LogP contribution < -0.4 is 4.72 Å². The number of nitrogens with zero attached hydrogens (tertiary/aromatic N) is 5. The smallest absolute Gasteiger partial charge is 0.229 e. The maximum absolute atomic E-state index is 12.1. The number of aromatic nitrogens is 4. The molecule has 0 amide bonds. The van der Waals surface area contributed by atoms with Gasteiger partial charge in [-0.05, 0) is 48.4 Å². The third-order valence-corrected chi connectivity index (χ3v) is 6.20. The zero-order chi connectivity index (χ0) is 23.3. The van der Waals surface area contributed by atoms with E-state index in [1.807, 2.05) is 65.8 Å². The lowest BCUT2D eigenvalue weighted by Crippen LogP contribution is -2.11. The van der Waals surface area contributed by atoms with Crippen molar-refractivity contribution in [2.24, 2.45) is 7.05 Å². The summed E-state index contributed by atoms with van der Waals surface area (Å²) in [6.07, 6.45) is 6.59. The molecule has 0 fully saturated rings. The average Bonchev–Trinajstić information content (AvgIpc) is 3.36. The molecule has 2 aromatic carbocycles. The summed E-state index contributed by atoms with van der Waals surface area (Å²) >= 11 is 0. The van der Waals surface area contributed by atoms with Crippen LogP contribution in [-0.4, -0.2) is 33.8 Å². The van der Waals surface area contributed by atoms with Crippen LogP contribution in [0.5, 0.6) is 0 Å². The number of sulfonamides is 1. The van der Waals surface area contributed by atoms with Gasteiger partial charge >= 0.3 is 0 Å². The molecular formula is C24H20N6O2S. The fourth-order valence-corrected chi connectivity index (χ4v) is 4.65. The fourth-order valence-electron chi connectivity index (χ4n) is 4.10. The van der Waals surface area contributed by atoms with Gasteiger partial charge in [0.1, 0.15) is 0 Å². The third kappa shape index (κ3) is 3.70. The van der Waals surface area contributed by atoms with E-state index < -0.39 is 10.0 Å². The molecule has 0 unspecified atom stereocenters. The zero-order valence-electron chi connectivity index (χ0n) is 18.2. The number of pyridine rings is 1. The van der Waals surface area contributed by atoms with E-state index >= 15 is 0 Å². The molecule has 0 saturated carbocycles. The van der Waals surface area contributed by atoms with E-state index in [0.717, 1.165) is 45.1 Å². The summed E-state index contributed by atoms with van der Waals surface area (Å²) in [5.74, 6) is 0. The van der Waals surface area contributed by atoms with E-state index in [2.05, 4.69) is 20.9 Å². The highest BCUT2D eigenvalue weighted by Crippen LogP contribution is 2.33. The lowest BCUT2D eigenvalue weighted by molar-refractivity contribution is 0.607. The Morgan fingerprint density at radius 3 is 2.61 bits per heavy atom. The summed E-state index contributed by atoms with van der Waals surface area (Å²) < 4.78 is 30.4. The van der Waals surface area contributed by atoms with Gasteiger partial charge in [0.25, 0.3) is 0 Å². The second-order valence-electron chi connectivity index (χ2n) is 8.04. The number of hydrogen-bond acceptors (Lipinski definition) is 5. The largest absolute Gasteiger partial charge is 0.297 e. The van der Waals surface area contributed by atoms with Gasteiger partial charge in [-0.3, -0.25) is 13.8 Å². The number of benzene rings is 2. The number of fused-ring (bicyclic) bond motifs is 2. The van der Waals surface area contributed by atoms with Gasteiger partial charge in [0, 0.05) is 29.8 Å². The molecule has 1 N–H and O–H groups in total. The van der Waals surface area contributed by atoms with Crippen LogP contribution in [0.2, 0.25) is 0 Å². The van der Waals surface area contributed by atoms with E-state index in [4.69, 9.17) is 0 Å². The number of nitrogens with one attached hydrogen (secondary N) is 1. The molecule has 0 aliphatic carbocycles. The molecule has 9 heteroatoms. The van der Waals surface area contributed by atoms with Crippen molar-refractivity contribution in [1.82, 2.24) is 19.2 Å². The minimum Gasteiger partial charge on any atom is -0.297 e. The molecule has 0 radical (unpaired) electrons. The minimum atomic E-state index is -3.53. The van der Waals surface area contributed by atoms with Crippen LogP contribution in [0.3, 0.4) is 0 Å². The molecule has 8 nitrogen and oxygen atoms in total. The normalized spacial score (nSPS) is 11.7. The van der Waals surface area contributed by atoms with Crippen molar-refractivity contribution in [2.45, 2.75) is 6.92 Å². The predicted molar refractivity (Wildman–Crippen MR) is 128 cm³/mol. The van der Waals surface area contributed by atoms with Crippen molar-refractivity contribution >= 4 is 32.3 Å². The molecule has 0 bridgehead atoms. The van der Waals surface area contributed by atoms with E-state index in [9.17, 15) is 13.7 Å². The molecule has 0 atom stereocenters. The van der Waals surface area contributed by atoms with Crippen LogP contribution in [-0.2, 0) is 17.1 Å². The molecule has 0 aliphatic rings. The van der Waals surface area contributed by atoms with Crippen molar-refractivity contribution in [3.63, 3.8) is 0 Å². The Kier molecular flexibility index (Phi) is 4.69. The van der Waals surface area contributed by atoms with Gasteiger partial charge in [-0.15, -0.1) is 0 Å². The van der Waals surface area contributed by atoms with Crippen LogP contribution >= 0.6 is 0 Å². The lowest BCUT2D eigenvalue weighted by Gasteiger charge is -2.13. The second kappa shape index (κ2) is 7.46. The molecule has 33 heavy (non-hydrogen) atoms. The molecule has 0 saturated heterocycles. The zero-order valence-corrected chi connectivity index (χ0v) is 19.1. The highest BCUT2D eigenvalue weighted by Gasteiger charge is 2.16. The average molecular weight is 457 g/mol. The Balaban J connectivity index is 1.76. The van der Waals surface area contributed by atoms with Gasteiger partial charge in [-0.25, -0.2) is 13.4 Å². The number of rotatable bonds is 4. The summed E-state index contributed by atoms with van der Waals surface area (Å²) in [5, 5.41) is 14.5. The van der Waals surface area contributed by atoms with E-state index in [0.29, 0.717) is 16.9 Å². The Morgan fingerprint density at radius 2 is 1.88 bits per heavy atom. The number of nitriles is 1. The highest BCUT2D eigenvalue weighted by atomic mass is 32.2. The second-order valence-corrected chi connectivity index (χ2v) is 9.79. The Hall–Kier alpha value is -4.16. The first-order chi connectivity index (χ1) is 15.7. The van der Waals surface area contributed by atoms with Crippen molar-refractivity contribution < 1.29 is 8.42 Å². The maximum Gasteiger partial charge on any atom is 0.229 e. The van der Waals surface area contributed by atoms with Gasteiger partial charge in [-0.1, -0.05) is 12.1 Å². The summed E-state index contributed by atoms with van der Waals surface area (Å²) in [4.78, 5) is 4.52. The van der Waals surface area contributed by atoms with Crippen molar-refractivity contribution in [1.29, 1.82) is 5.26 Å². The number of hydrogen-bond donors (Lipinski definition) is 1. The van der Waals surface area contributed by atoms with Crippen molar-refractivity contribution in [3.8, 4) is 28.5 Å². The monoisotopic (exact) mass is 456 g/mol. The SMILES string of the molecule is Cc1cc(C#N)ccc1-c1cc(NS(C)(=O)=O)c2ncc(-c3ccc4c(cnn4C)c3)n2c1. The maximum atomic E-state index is 12.1. The van der Waals surface area contributed by atoms with Gasteiger partial charge in [0.15, 0.2) is 5.65 Å². The quantitative estimate of drug-likeness (QED) is 0.438. The number of anilines is 1. The van der Waals surface area contributed by atoms with Gasteiger partial charge < -0.3 is 0 Å². The van der Waals surface area contributed by atoms with Gasteiger partial charge in [0.05, 0.1) is 47.2 Å². The Bertz CT molecular complexity index is 1710. The first-order valence-corrected chi connectivity index (χ1v) is 12.0. The van der Waals surface area contributed by atoms with Gasteiger partial charge in [0.2, 0.25) is 10.0 Å². The number of aryl methyl sites for hydroxylation is 2. The molecular weight excluding hydrogens is 436 g/mol. The van der Waals surface area contributed by atoms with Crippen LogP contribution in [0, 0.1) is 18.3 Å². The third-order valence-electron chi connectivity index (χ3n) is 5.61. The van der Waals surface area contributed by atoms with Gasteiger partial charge in [-0.2, -0.15) is 10.4 Å². The summed E-state index contributed by atoms with van der Waals surface area (Å²) in [5.41, 5.74) is 6.83. The minimum absolute atomic E-state index is 0.382. The van der Waals surface area contributed by atoms with E-state index in [1.54, 1.807) is 18.3 Å². The van der Waals surface area contributed by atoms with Crippen molar-refractivity contribution in [2.75, 3.05) is 11.0 Å². The molecule has 5 rings (SSSR count). The predicted octanol–water partition coefficient (Wildman–Crippen LogP) is 4.11. The van der Waals surface area contributed by atoms with E-state index in [-0.39, 0.29) is 0 Å². The molecule has 5 aromatic rings. The fraction of sp³-hybridized carbons (Fsp3) is 0.125. The topological polar surface area (TPSA) is 105 Å². The van der Waals surface area contributed by atoms with Crippen LogP contribution in [0.4, 0.5) is 5.69 Å². The summed E-state index contributed by atoms with van der Waals surface area (Å²) in [6, 6.07) is 15.4. The lowest BCUT2D eigenvalue weighted by atomic mass is 9.99. The molecule has 164 valence electrons. The summed E-state index contributed by atoms with van der Waals surface area (Å²) in [7, 11) is -1.63. The van der Waals surface area contributed by atoms with Crippen LogP contribution in [0.25, 0.3) is 38.9 Å². The van der Waals surface area contributed by atoms with E-state index in [1.165, 1.54) is 0 Å². The standard InChI is InChI=1S/C24H20N6O2S/c1-15-8-16(11-25)4-6-20(15)19-10-21(28-33(3,31)32)24-26-13-23(30(24)14-19)17-5-7-22-18(9-17)12-27-29(22)2/h4-10,12-14,28H,1-3H3. The van der Waals surface area contributed by atoms with Crippen LogP contribution in [0.1, 0.15) is 11.1 Å². The number of imidazole rings is 1. The Morgan fingerprint density at radius 1 is 1.06 bits per heavy atom. The molecule has 0 spiro atoms. The molecule has 3 aromatic heterocycles. The van der Waals surface area contributed by atoms with Crippen molar-refractivity contribution in [3.05, 3.63) is 72.2 Å². The first kappa shape index (κ1) is 20.7. The molecule has 3 heterocycles.